The maximum Gasteiger partial charge on any atom is 0.108 e. The fraction of sp³-hybridized carbons (Fsp3) is 0.562. The number of hydrogen-bond donors (Lipinski definition) is 2. The highest BCUT2D eigenvalue weighted by molar-refractivity contribution is 5.78. The number of imidazole rings is 1. The van der Waals surface area contributed by atoms with Gasteiger partial charge in [-0.05, 0) is 51.7 Å². The Morgan fingerprint density at radius 3 is 3.10 bits per heavy atom. The lowest BCUT2D eigenvalue weighted by Gasteiger charge is -2.26. The van der Waals surface area contributed by atoms with Gasteiger partial charge >= 0.3 is 0 Å². The van der Waals surface area contributed by atoms with Crippen molar-refractivity contribution in [3.05, 3.63) is 24.0 Å². The van der Waals surface area contributed by atoms with Gasteiger partial charge in [0.15, 0.2) is 0 Å². The number of nitrogens with two attached hydrogens (primary N) is 1. The molecule has 2 aromatic rings. The molecule has 3 rings (SSSR count). The summed E-state index contributed by atoms with van der Waals surface area (Å²) in [5.74, 6) is 1.06. The number of H-pyrrole nitrogens is 1. The van der Waals surface area contributed by atoms with E-state index in [1.807, 2.05) is 18.2 Å². The zero-order valence-electron chi connectivity index (χ0n) is 13.0. The summed E-state index contributed by atoms with van der Waals surface area (Å²) in [7, 11) is 4.31. The molecule has 0 aliphatic carbocycles. The van der Waals surface area contributed by atoms with Gasteiger partial charge in [-0.25, -0.2) is 4.98 Å². The molecule has 0 saturated carbocycles. The molecule has 1 aromatic carbocycles. The highest BCUT2D eigenvalue weighted by Gasteiger charge is 2.24. The summed E-state index contributed by atoms with van der Waals surface area (Å²) in [6.07, 6.45) is 3.60. The molecular formula is C16H25N5. The monoisotopic (exact) mass is 287 g/mol. The van der Waals surface area contributed by atoms with Crippen molar-refractivity contribution in [2.45, 2.75) is 25.3 Å². The molecule has 1 aromatic heterocycles. The highest BCUT2D eigenvalue weighted by atomic mass is 15.2. The average molecular weight is 287 g/mol. The molecule has 5 nitrogen and oxygen atoms in total. The maximum absolute atomic E-state index is 5.81. The van der Waals surface area contributed by atoms with Gasteiger partial charge in [0.2, 0.25) is 0 Å². The molecule has 21 heavy (non-hydrogen) atoms. The minimum absolute atomic E-state index is 0.694. The summed E-state index contributed by atoms with van der Waals surface area (Å²) >= 11 is 0. The Hall–Kier alpha value is -1.59. The molecule has 0 bridgehead atoms. The van der Waals surface area contributed by atoms with Crippen LogP contribution in [0.25, 0.3) is 11.0 Å². The number of likely N-dealkylation sites (tertiary alicyclic amines) is 1. The standard InChI is InChI=1S/C16H25N5/c1-20(2)11-13-4-3-8-21(13)9-7-16-18-14-6-5-12(17)10-15(14)19-16/h5-6,10,13H,3-4,7-9,11,17H2,1-2H3,(H,18,19). The summed E-state index contributed by atoms with van der Waals surface area (Å²) in [6, 6.07) is 6.53. The SMILES string of the molecule is CN(C)CC1CCCN1CCc1nc2ccc(N)cc2[nH]1. The van der Waals surface area contributed by atoms with Crippen molar-refractivity contribution in [3.8, 4) is 0 Å². The molecule has 0 radical (unpaired) electrons. The van der Waals surface area contributed by atoms with Crippen LogP contribution in [0.3, 0.4) is 0 Å². The first-order chi connectivity index (χ1) is 10.1. The number of anilines is 1. The Labute approximate surface area is 126 Å². The van der Waals surface area contributed by atoms with Crippen molar-refractivity contribution in [1.82, 2.24) is 19.8 Å². The van der Waals surface area contributed by atoms with Crippen molar-refractivity contribution in [3.63, 3.8) is 0 Å². The van der Waals surface area contributed by atoms with E-state index in [2.05, 4.69) is 33.9 Å². The molecule has 0 spiro atoms. The molecule has 114 valence electrons. The van der Waals surface area contributed by atoms with Crippen molar-refractivity contribution < 1.29 is 0 Å². The summed E-state index contributed by atoms with van der Waals surface area (Å²) in [5, 5.41) is 0. The second kappa shape index (κ2) is 6.03. The Kier molecular flexibility index (Phi) is 4.12. The van der Waals surface area contributed by atoms with Crippen molar-refractivity contribution in [1.29, 1.82) is 0 Å². The zero-order chi connectivity index (χ0) is 14.8. The fourth-order valence-electron chi connectivity index (χ4n) is 3.27. The van der Waals surface area contributed by atoms with E-state index in [4.69, 9.17) is 5.73 Å². The van der Waals surface area contributed by atoms with Crippen LogP contribution in [0.1, 0.15) is 18.7 Å². The third kappa shape index (κ3) is 3.36. The van der Waals surface area contributed by atoms with Crippen LogP contribution < -0.4 is 5.73 Å². The van der Waals surface area contributed by atoms with Gasteiger partial charge in [-0.1, -0.05) is 0 Å². The summed E-state index contributed by atoms with van der Waals surface area (Å²) in [5.41, 5.74) is 8.63. The van der Waals surface area contributed by atoms with E-state index in [0.29, 0.717) is 6.04 Å². The van der Waals surface area contributed by atoms with Crippen LogP contribution in [0.15, 0.2) is 18.2 Å². The number of nitrogen functional groups attached to an aromatic ring is 1. The first-order valence-corrected chi connectivity index (χ1v) is 7.75. The number of nitrogens with one attached hydrogen (secondary N) is 1. The van der Waals surface area contributed by atoms with Crippen molar-refractivity contribution >= 4 is 16.7 Å². The normalized spacial score (nSPS) is 19.9. The Morgan fingerprint density at radius 2 is 2.29 bits per heavy atom. The smallest absolute Gasteiger partial charge is 0.108 e. The Morgan fingerprint density at radius 1 is 1.43 bits per heavy atom. The fourth-order valence-corrected chi connectivity index (χ4v) is 3.27. The van der Waals surface area contributed by atoms with Crippen LogP contribution in [0.2, 0.25) is 0 Å². The molecule has 2 heterocycles. The number of rotatable bonds is 5. The predicted molar refractivity (Wildman–Crippen MR) is 87.4 cm³/mol. The average Bonchev–Trinajstić information content (AvgIpc) is 3.01. The van der Waals surface area contributed by atoms with Crippen molar-refractivity contribution in [2.24, 2.45) is 0 Å². The number of aromatic nitrogens is 2. The number of hydrogen-bond acceptors (Lipinski definition) is 4. The quantitative estimate of drug-likeness (QED) is 0.822. The number of aromatic amines is 1. The first-order valence-electron chi connectivity index (χ1n) is 7.75. The highest BCUT2D eigenvalue weighted by Crippen LogP contribution is 2.19. The minimum atomic E-state index is 0.694. The van der Waals surface area contributed by atoms with Gasteiger partial charge in [-0.2, -0.15) is 0 Å². The van der Waals surface area contributed by atoms with Gasteiger partial charge in [-0.3, -0.25) is 4.90 Å². The lowest BCUT2D eigenvalue weighted by molar-refractivity contribution is 0.209. The third-order valence-electron chi connectivity index (χ3n) is 4.27. The maximum atomic E-state index is 5.81. The van der Waals surface area contributed by atoms with E-state index in [0.717, 1.165) is 42.1 Å². The Bertz CT molecular complexity index is 604. The van der Waals surface area contributed by atoms with E-state index in [1.165, 1.54) is 19.4 Å². The largest absolute Gasteiger partial charge is 0.399 e. The molecular weight excluding hydrogens is 262 g/mol. The first kappa shape index (κ1) is 14.4. The topological polar surface area (TPSA) is 61.2 Å². The van der Waals surface area contributed by atoms with E-state index in [1.54, 1.807) is 0 Å². The summed E-state index contributed by atoms with van der Waals surface area (Å²) < 4.78 is 0. The van der Waals surface area contributed by atoms with Crippen LogP contribution in [0.4, 0.5) is 5.69 Å². The second-order valence-corrected chi connectivity index (χ2v) is 6.30. The number of likely N-dealkylation sites (N-methyl/N-ethyl adjacent to an activating group) is 1. The lowest BCUT2D eigenvalue weighted by atomic mass is 10.2. The molecule has 1 unspecified atom stereocenters. The molecule has 5 heteroatoms. The van der Waals surface area contributed by atoms with Gasteiger partial charge in [0.25, 0.3) is 0 Å². The van der Waals surface area contributed by atoms with Gasteiger partial charge < -0.3 is 15.6 Å². The van der Waals surface area contributed by atoms with E-state index in [9.17, 15) is 0 Å². The lowest BCUT2D eigenvalue weighted by Crippen LogP contribution is -2.38. The second-order valence-electron chi connectivity index (χ2n) is 6.30. The molecule has 1 saturated heterocycles. The van der Waals surface area contributed by atoms with Crippen LogP contribution in [-0.2, 0) is 6.42 Å². The molecule has 1 atom stereocenters. The molecule has 1 aliphatic rings. The van der Waals surface area contributed by atoms with E-state index >= 15 is 0 Å². The van der Waals surface area contributed by atoms with Crippen LogP contribution >= 0.6 is 0 Å². The van der Waals surface area contributed by atoms with Gasteiger partial charge in [0, 0.05) is 31.2 Å². The predicted octanol–water partition coefficient (Wildman–Crippen LogP) is 1.71. The van der Waals surface area contributed by atoms with Crippen molar-refractivity contribution in [2.75, 3.05) is 39.5 Å². The van der Waals surface area contributed by atoms with Crippen LogP contribution in [0, 0.1) is 0 Å². The molecule has 1 fully saturated rings. The summed E-state index contributed by atoms with van der Waals surface area (Å²) in [4.78, 5) is 12.9. The van der Waals surface area contributed by atoms with Gasteiger partial charge in [-0.15, -0.1) is 0 Å². The van der Waals surface area contributed by atoms with Crippen LogP contribution in [0.5, 0.6) is 0 Å². The van der Waals surface area contributed by atoms with E-state index < -0.39 is 0 Å². The number of nitrogens with zero attached hydrogens (tertiary/aromatic N) is 3. The van der Waals surface area contributed by atoms with Crippen LogP contribution in [-0.4, -0.2) is 59.5 Å². The molecule has 3 N–H and O–H groups in total. The zero-order valence-corrected chi connectivity index (χ0v) is 13.0. The minimum Gasteiger partial charge on any atom is -0.399 e. The number of benzene rings is 1. The summed E-state index contributed by atoms with van der Waals surface area (Å²) in [6.45, 7) is 3.44. The Balaban J connectivity index is 1.63. The molecule has 1 aliphatic heterocycles. The van der Waals surface area contributed by atoms with E-state index in [-0.39, 0.29) is 0 Å². The van der Waals surface area contributed by atoms with Gasteiger partial charge in [0.1, 0.15) is 5.82 Å². The third-order valence-corrected chi connectivity index (χ3v) is 4.27. The molecule has 0 amide bonds. The van der Waals surface area contributed by atoms with Gasteiger partial charge in [0.05, 0.1) is 11.0 Å². The number of fused-ring (bicyclic) bond motifs is 1.